The number of morpholine rings is 1. The number of nitrogens with one attached hydrogen (secondary N) is 1. The average Bonchev–Trinajstić information content (AvgIpc) is 2.78. The largest absolute Gasteiger partial charge is 0.379 e. The fourth-order valence-electron chi connectivity index (χ4n) is 5.06. The number of ether oxygens (including phenoxy) is 1. The van der Waals surface area contributed by atoms with Crippen molar-refractivity contribution in [3.8, 4) is 12.3 Å². The van der Waals surface area contributed by atoms with Crippen molar-refractivity contribution in [3.63, 3.8) is 0 Å². The van der Waals surface area contributed by atoms with E-state index in [9.17, 15) is 4.79 Å². The molecule has 30 heavy (non-hydrogen) atoms. The SMILES string of the molecule is C#CCn1c(=O)c(CNCC2(N3CCOCC3)CCCCC2)cc2ccc(Cl)cc21. The second kappa shape index (κ2) is 9.53. The van der Waals surface area contributed by atoms with Crippen molar-refractivity contribution in [2.24, 2.45) is 0 Å². The highest BCUT2D eigenvalue weighted by Crippen LogP contribution is 2.34. The van der Waals surface area contributed by atoms with Gasteiger partial charge in [-0.1, -0.05) is 42.9 Å². The fourth-order valence-corrected chi connectivity index (χ4v) is 5.23. The number of nitrogens with zero attached hydrogens (tertiary/aromatic N) is 2. The first-order valence-corrected chi connectivity index (χ1v) is 11.3. The van der Waals surface area contributed by atoms with Crippen molar-refractivity contribution >= 4 is 22.5 Å². The van der Waals surface area contributed by atoms with Gasteiger partial charge in [-0.3, -0.25) is 14.3 Å². The van der Waals surface area contributed by atoms with E-state index >= 15 is 0 Å². The summed E-state index contributed by atoms with van der Waals surface area (Å²) in [7, 11) is 0. The van der Waals surface area contributed by atoms with Gasteiger partial charge < -0.3 is 10.1 Å². The summed E-state index contributed by atoms with van der Waals surface area (Å²) in [5.41, 5.74) is 1.66. The van der Waals surface area contributed by atoms with Crippen molar-refractivity contribution in [1.29, 1.82) is 0 Å². The molecule has 0 unspecified atom stereocenters. The van der Waals surface area contributed by atoms with Gasteiger partial charge in [-0.25, -0.2) is 0 Å². The van der Waals surface area contributed by atoms with Crippen LogP contribution in [-0.4, -0.2) is 47.9 Å². The van der Waals surface area contributed by atoms with Crippen molar-refractivity contribution in [2.45, 2.75) is 50.7 Å². The number of halogens is 1. The maximum Gasteiger partial charge on any atom is 0.256 e. The van der Waals surface area contributed by atoms with E-state index in [4.69, 9.17) is 22.8 Å². The Bertz CT molecular complexity index is 982. The van der Waals surface area contributed by atoms with Crippen LogP contribution in [0.3, 0.4) is 0 Å². The molecular weight excluding hydrogens is 398 g/mol. The maximum absolute atomic E-state index is 13.1. The molecule has 160 valence electrons. The highest BCUT2D eigenvalue weighted by atomic mass is 35.5. The zero-order valence-electron chi connectivity index (χ0n) is 17.5. The monoisotopic (exact) mass is 427 g/mol. The number of fused-ring (bicyclic) bond motifs is 1. The number of terminal acetylenes is 1. The van der Waals surface area contributed by atoms with E-state index in [1.54, 1.807) is 4.57 Å². The molecule has 1 aliphatic heterocycles. The highest BCUT2D eigenvalue weighted by molar-refractivity contribution is 6.31. The molecule has 1 aromatic heterocycles. The summed E-state index contributed by atoms with van der Waals surface area (Å²) in [5.74, 6) is 2.60. The summed E-state index contributed by atoms with van der Waals surface area (Å²) in [6.07, 6.45) is 11.8. The standard InChI is InChI=1S/C24H30ClN3O2/c1-2-10-28-22-16-21(25)7-6-19(22)15-20(23(28)29)17-26-18-24(8-4-3-5-9-24)27-11-13-30-14-12-27/h1,6-7,15-16,26H,3-5,8-14,17-18H2. The van der Waals surface area contributed by atoms with Gasteiger partial charge in [0.25, 0.3) is 5.56 Å². The number of pyridine rings is 1. The van der Waals surface area contributed by atoms with Gasteiger partial charge in [0, 0.05) is 42.3 Å². The van der Waals surface area contributed by atoms with Crippen LogP contribution in [-0.2, 0) is 17.8 Å². The number of benzene rings is 1. The van der Waals surface area contributed by atoms with Gasteiger partial charge in [-0.15, -0.1) is 6.42 Å². The normalized spacial score (nSPS) is 19.6. The molecule has 1 N–H and O–H groups in total. The van der Waals surface area contributed by atoms with Crippen LogP contribution in [0.4, 0.5) is 0 Å². The Labute approximate surface area is 183 Å². The quantitative estimate of drug-likeness (QED) is 0.717. The smallest absolute Gasteiger partial charge is 0.256 e. The van der Waals surface area contributed by atoms with E-state index in [1.807, 2.05) is 24.3 Å². The summed E-state index contributed by atoms with van der Waals surface area (Å²) in [4.78, 5) is 15.7. The Hall–Kier alpha value is -1.84. The summed E-state index contributed by atoms with van der Waals surface area (Å²) < 4.78 is 7.23. The van der Waals surface area contributed by atoms with Crippen LogP contribution in [0.5, 0.6) is 0 Å². The Balaban J connectivity index is 1.55. The van der Waals surface area contributed by atoms with Gasteiger partial charge in [0.15, 0.2) is 0 Å². The van der Waals surface area contributed by atoms with Crippen LogP contribution in [0.25, 0.3) is 10.9 Å². The van der Waals surface area contributed by atoms with Gasteiger partial charge in [0.05, 0.1) is 25.3 Å². The molecule has 1 saturated heterocycles. The number of aromatic nitrogens is 1. The van der Waals surface area contributed by atoms with E-state index in [0.29, 0.717) is 11.6 Å². The predicted molar refractivity (Wildman–Crippen MR) is 122 cm³/mol. The van der Waals surface area contributed by atoms with Crippen molar-refractivity contribution in [1.82, 2.24) is 14.8 Å². The van der Waals surface area contributed by atoms with Crippen molar-refractivity contribution in [2.75, 3.05) is 32.8 Å². The van der Waals surface area contributed by atoms with E-state index in [2.05, 4.69) is 16.1 Å². The summed E-state index contributed by atoms with van der Waals surface area (Å²) >= 11 is 6.15. The molecule has 6 heteroatoms. The number of rotatable bonds is 6. The lowest BCUT2D eigenvalue weighted by Gasteiger charge is -2.48. The first-order chi connectivity index (χ1) is 14.6. The first-order valence-electron chi connectivity index (χ1n) is 10.9. The molecule has 1 aliphatic carbocycles. The molecule has 1 saturated carbocycles. The summed E-state index contributed by atoms with van der Waals surface area (Å²) in [6.45, 7) is 5.27. The van der Waals surface area contributed by atoms with E-state index in [0.717, 1.165) is 49.3 Å². The minimum absolute atomic E-state index is 0.0423. The molecule has 0 amide bonds. The lowest BCUT2D eigenvalue weighted by molar-refractivity contribution is -0.0369. The Kier molecular flexibility index (Phi) is 6.80. The maximum atomic E-state index is 13.1. The van der Waals surface area contributed by atoms with Crippen LogP contribution in [0.1, 0.15) is 37.7 Å². The second-order valence-electron chi connectivity index (χ2n) is 8.46. The van der Waals surface area contributed by atoms with Gasteiger partial charge in [-0.2, -0.15) is 0 Å². The van der Waals surface area contributed by atoms with E-state index < -0.39 is 0 Å². The van der Waals surface area contributed by atoms with Gasteiger partial charge in [0.1, 0.15) is 0 Å². The molecule has 2 fully saturated rings. The highest BCUT2D eigenvalue weighted by Gasteiger charge is 2.38. The molecule has 2 aliphatic rings. The molecule has 0 bridgehead atoms. The number of hydrogen-bond donors (Lipinski definition) is 1. The molecule has 2 heterocycles. The molecule has 2 aromatic rings. The third-order valence-electron chi connectivity index (χ3n) is 6.62. The summed E-state index contributed by atoms with van der Waals surface area (Å²) in [6, 6.07) is 7.57. The molecule has 0 spiro atoms. The predicted octanol–water partition coefficient (Wildman–Crippen LogP) is 3.41. The van der Waals surface area contributed by atoms with E-state index in [1.165, 1.54) is 32.1 Å². The minimum Gasteiger partial charge on any atom is -0.379 e. The van der Waals surface area contributed by atoms with Gasteiger partial charge in [0.2, 0.25) is 0 Å². The third-order valence-corrected chi connectivity index (χ3v) is 6.85. The van der Waals surface area contributed by atoms with E-state index in [-0.39, 0.29) is 17.6 Å². The topological polar surface area (TPSA) is 46.5 Å². The van der Waals surface area contributed by atoms with Crippen LogP contribution < -0.4 is 10.9 Å². The van der Waals surface area contributed by atoms with Crippen molar-refractivity contribution < 1.29 is 4.74 Å². The molecule has 5 nitrogen and oxygen atoms in total. The molecule has 1 aromatic carbocycles. The zero-order chi connectivity index (χ0) is 21.0. The molecule has 0 radical (unpaired) electrons. The molecular formula is C24H30ClN3O2. The van der Waals surface area contributed by atoms with Gasteiger partial charge >= 0.3 is 0 Å². The molecule has 0 atom stereocenters. The van der Waals surface area contributed by atoms with Crippen LogP contribution >= 0.6 is 11.6 Å². The Morgan fingerprint density at radius 3 is 2.67 bits per heavy atom. The lowest BCUT2D eigenvalue weighted by Crippen LogP contribution is -2.59. The molecule has 4 rings (SSSR count). The lowest BCUT2D eigenvalue weighted by atomic mass is 9.79. The number of hydrogen-bond acceptors (Lipinski definition) is 4. The van der Waals surface area contributed by atoms with Gasteiger partial charge in [-0.05, 0) is 36.4 Å². The second-order valence-corrected chi connectivity index (χ2v) is 8.89. The summed E-state index contributed by atoms with van der Waals surface area (Å²) in [5, 5.41) is 5.20. The average molecular weight is 428 g/mol. The first kappa shape index (κ1) is 21.4. The van der Waals surface area contributed by atoms with Crippen LogP contribution in [0.2, 0.25) is 5.02 Å². The fraction of sp³-hybridized carbons (Fsp3) is 0.542. The zero-order valence-corrected chi connectivity index (χ0v) is 18.2. The van der Waals surface area contributed by atoms with Crippen LogP contribution in [0.15, 0.2) is 29.1 Å². The Morgan fingerprint density at radius 1 is 1.17 bits per heavy atom. The van der Waals surface area contributed by atoms with Crippen molar-refractivity contribution in [3.05, 3.63) is 45.2 Å². The third kappa shape index (κ3) is 4.43. The Morgan fingerprint density at radius 2 is 1.93 bits per heavy atom. The van der Waals surface area contributed by atoms with Crippen LogP contribution in [0, 0.1) is 12.3 Å². The minimum atomic E-state index is -0.0423.